The lowest BCUT2D eigenvalue weighted by molar-refractivity contribution is 0.0601. The molecule has 1 amide bonds. The Morgan fingerprint density at radius 3 is 2.50 bits per heavy atom. The number of esters is 1. The minimum Gasteiger partial charge on any atom is -0.505 e. The molecule has 1 aromatic heterocycles. The molecule has 32 heavy (non-hydrogen) atoms. The number of nitrogens with zero attached hydrogens (tertiary/aromatic N) is 4. The minimum atomic E-state index is -0.614. The van der Waals surface area contributed by atoms with Crippen molar-refractivity contribution in [1.29, 1.82) is 0 Å². The predicted octanol–water partition coefficient (Wildman–Crippen LogP) is 4.73. The number of carbonyl (C=O) groups is 2. The summed E-state index contributed by atoms with van der Waals surface area (Å²) in [4.78, 5) is 24.9. The molecule has 0 saturated heterocycles. The lowest BCUT2D eigenvalue weighted by Crippen LogP contribution is -2.12. The molecular formula is C23H19N5O4. The van der Waals surface area contributed by atoms with Crippen molar-refractivity contribution in [2.75, 3.05) is 12.4 Å². The van der Waals surface area contributed by atoms with Gasteiger partial charge < -0.3 is 15.2 Å². The maximum atomic E-state index is 12.9. The molecule has 0 bridgehead atoms. The van der Waals surface area contributed by atoms with Gasteiger partial charge in [0.15, 0.2) is 11.6 Å². The summed E-state index contributed by atoms with van der Waals surface area (Å²) in [6.07, 6.45) is 1.32. The molecular weight excluding hydrogens is 410 g/mol. The zero-order chi connectivity index (χ0) is 22.7. The maximum absolute atomic E-state index is 12.9. The molecule has 0 fully saturated rings. The van der Waals surface area contributed by atoms with Crippen LogP contribution in [-0.4, -0.2) is 33.9 Å². The van der Waals surface area contributed by atoms with Gasteiger partial charge in [0.25, 0.3) is 5.91 Å². The third-order valence-corrected chi connectivity index (χ3v) is 4.83. The fourth-order valence-electron chi connectivity index (χ4n) is 3.21. The lowest BCUT2D eigenvalue weighted by atomic mass is 10.0. The summed E-state index contributed by atoms with van der Waals surface area (Å²) in [6, 6.07) is 17.7. The third kappa shape index (κ3) is 3.91. The number of phenolic OH excluding ortho intramolecular Hbond substituents is 1. The summed E-state index contributed by atoms with van der Waals surface area (Å²) >= 11 is 0. The third-order valence-electron chi connectivity index (χ3n) is 4.83. The smallest absolute Gasteiger partial charge is 0.343 e. The molecule has 0 atom stereocenters. The van der Waals surface area contributed by atoms with Gasteiger partial charge in [-0.2, -0.15) is 5.10 Å². The van der Waals surface area contributed by atoms with Crippen molar-refractivity contribution in [1.82, 2.24) is 9.78 Å². The van der Waals surface area contributed by atoms with E-state index in [0.29, 0.717) is 16.5 Å². The molecule has 4 aromatic rings. The van der Waals surface area contributed by atoms with Crippen molar-refractivity contribution in [3.8, 4) is 5.75 Å². The van der Waals surface area contributed by atoms with Crippen LogP contribution in [0.1, 0.15) is 20.7 Å². The van der Waals surface area contributed by atoms with E-state index in [1.165, 1.54) is 18.0 Å². The normalized spacial score (nSPS) is 11.1. The van der Waals surface area contributed by atoms with E-state index in [1.807, 2.05) is 12.1 Å². The molecule has 2 N–H and O–H groups in total. The number of carbonyl (C=O) groups excluding carboxylic acids is 2. The van der Waals surface area contributed by atoms with E-state index in [0.717, 1.165) is 0 Å². The number of para-hydroxylation sites is 1. The maximum Gasteiger partial charge on any atom is 0.343 e. The number of aromatic nitrogens is 2. The minimum absolute atomic E-state index is 0.0414. The van der Waals surface area contributed by atoms with Gasteiger partial charge in [0.1, 0.15) is 11.3 Å². The van der Waals surface area contributed by atoms with Crippen LogP contribution in [0, 0.1) is 0 Å². The summed E-state index contributed by atoms with van der Waals surface area (Å²) in [5, 5.41) is 27.3. The number of phenols is 1. The molecule has 1 heterocycles. The first kappa shape index (κ1) is 20.7. The second-order valence-electron chi connectivity index (χ2n) is 6.86. The Labute approximate surface area is 183 Å². The number of methoxy groups -OCH3 is 1. The number of benzene rings is 3. The van der Waals surface area contributed by atoms with Gasteiger partial charge in [-0.15, -0.1) is 10.2 Å². The molecule has 0 radical (unpaired) electrons. The quantitative estimate of drug-likeness (QED) is 0.351. The van der Waals surface area contributed by atoms with E-state index in [4.69, 9.17) is 4.74 Å². The number of anilines is 1. The molecule has 9 nitrogen and oxygen atoms in total. The Kier molecular flexibility index (Phi) is 5.63. The molecule has 3 aromatic carbocycles. The average Bonchev–Trinajstić information content (AvgIpc) is 3.18. The molecule has 0 aliphatic carbocycles. The zero-order valence-corrected chi connectivity index (χ0v) is 17.3. The first-order valence-electron chi connectivity index (χ1n) is 9.62. The summed E-state index contributed by atoms with van der Waals surface area (Å²) in [5.41, 5.74) is 0.851. The number of ether oxygens (including phenoxy) is 1. The van der Waals surface area contributed by atoms with Crippen LogP contribution in [0.5, 0.6) is 5.75 Å². The van der Waals surface area contributed by atoms with E-state index < -0.39 is 11.9 Å². The Hall–Kier alpha value is -4.53. The number of amides is 1. The molecule has 9 heteroatoms. The van der Waals surface area contributed by atoms with Gasteiger partial charge in [-0.25, -0.2) is 9.48 Å². The van der Waals surface area contributed by atoms with Crippen LogP contribution in [0.25, 0.3) is 10.8 Å². The summed E-state index contributed by atoms with van der Waals surface area (Å²) in [6.45, 7) is 0. The van der Waals surface area contributed by atoms with Crippen LogP contribution in [-0.2, 0) is 11.8 Å². The van der Waals surface area contributed by atoms with Crippen LogP contribution >= 0.6 is 0 Å². The molecule has 4 rings (SSSR count). The lowest BCUT2D eigenvalue weighted by Gasteiger charge is -2.11. The molecule has 0 spiro atoms. The predicted molar refractivity (Wildman–Crippen MR) is 119 cm³/mol. The number of nitrogens with one attached hydrogen (secondary N) is 1. The van der Waals surface area contributed by atoms with Gasteiger partial charge in [0.2, 0.25) is 0 Å². The standard InChI is InChI=1S/C23H19N5O4/c1-28-21(18(13-24-28)23(31)32-2)27-26-19-16-11-7-6-8-14(16)12-17(20(19)29)22(30)25-15-9-4-3-5-10-15/h3-13,29H,1-2H3,(H,25,30). The number of aryl methyl sites for hydroxylation is 1. The van der Waals surface area contributed by atoms with Crippen LogP contribution in [0.4, 0.5) is 17.2 Å². The van der Waals surface area contributed by atoms with Crippen molar-refractivity contribution < 1.29 is 19.4 Å². The fourth-order valence-corrected chi connectivity index (χ4v) is 3.21. The second kappa shape index (κ2) is 8.68. The van der Waals surface area contributed by atoms with Crippen molar-refractivity contribution in [3.05, 3.63) is 78.0 Å². The molecule has 160 valence electrons. The van der Waals surface area contributed by atoms with Gasteiger partial charge in [-0.05, 0) is 23.6 Å². The second-order valence-corrected chi connectivity index (χ2v) is 6.86. The van der Waals surface area contributed by atoms with E-state index >= 15 is 0 Å². The Morgan fingerprint density at radius 1 is 1.03 bits per heavy atom. The molecule has 0 unspecified atom stereocenters. The summed E-state index contributed by atoms with van der Waals surface area (Å²) in [5.74, 6) is -1.29. The first-order valence-corrected chi connectivity index (χ1v) is 9.62. The van der Waals surface area contributed by atoms with Gasteiger partial charge in [0, 0.05) is 18.1 Å². The Balaban J connectivity index is 1.80. The van der Waals surface area contributed by atoms with Crippen molar-refractivity contribution in [2.45, 2.75) is 0 Å². The van der Waals surface area contributed by atoms with E-state index in [-0.39, 0.29) is 28.4 Å². The highest BCUT2D eigenvalue weighted by atomic mass is 16.5. The fraction of sp³-hybridized carbons (Fsp3) is 0.0870. The summed E-state index contributed by atoms with van der Waals surface area (Å²) < 4.78 is 6.11. The van der Waals surface area contributed by atoms with Gasteiger partial charge in [-0.1, -0.05) is 42.5 Å². The van der Waals surface area contributed by atoms with Crippen LogP contribution in [0.2, 0.25) is 0 Å². The van der Waals surface area contributed by atoms with Crippen LogP contribution in [0.3, 0.4) is 0 Å². The number of fused-ring (bicyclic) bond motifs is 1. The van der Waals surface area contributed by atoms with Crippen molar-refractivity contribution in [3.63, 3.8) is 0 Å². The number of hydrogen-bond donors (Lipinski definition) is 2. The number of aromatic hydroxyl groups is 1. The average molecular weight is 429 g/mol. The van der Waals surface area contributed by atoms with Crippen LogP contribution in [0.15, 0.2) is 77.1 Å². The van der Waals surface area contributed by atoms with E-state index in [2.05, 4.69) is 20.6 Å². The Bertz CT molecular complexity index is 1350. The number of azo groups is 1. The van der Waals surface area contributed by atoms with Crippen molar-refractivity contribution >= 4 is 39.8 Å². The van der Waals surface area contributed by atoms with E-state index in [1.54, 1.807) is 55.6 Å². The van der Waals surface area contributed by atoms with Gasteiger partial charge in [0.05, 0.1) is 18.9 Å². The molecule has 0 aliphatic rings. The highest BCUT2D eigenvalue weighted by molar-refractivity contribution is 6.11. The highest BCUT2D eigenvalue weighted by Gasteiger charge is 2.20. The molecule has 0 aliphatic heterocycles. The monoisotopic (exact) mass is 429 g/mol. The Morgan fingerprint density at radius 2 is 1.75 bits per heavy atom. The largest absolute Gasteiger partial charge is 0.505 e. The zero-order valence-electron chi connectivity index (χ0n) is 17.3. The topological polar surface area (TPSA) is 118 Å². The van der Waals surface area contributed by atoms with Crippen molar-refractivity contribution in [2.24, 2.45) is 17.3 Å². The van der Waals surface area contributed by atoms with Gasteiger partial charge >= 0.3 is 5.97 Å². The van der Waals surface area contributed by atoms with Gasteiger partial charge in [-0.3, -0.25) is 4.79 Å². The SMILES string of the molecule is COC(=O)c1cnn(C)c1N=Nc1c(O)c(C(=O)Nc2ccccc2)cc2ccccc12. The summed E-state index contributed by atoms with van der Waals surface area (Å²) in [7, 11) is 2.85. The first-order chi connectivity index (χ1) is 15.5. The van der Waals surface area contributed by atoms with E-state index in [9.17, 15) is 14.7 Å². The molecule has 0 saturated carbocycles. The number of rotatable bonds is 5. The highest BCUT2D eigenvalue weighted by Crippen LogP contribution is 2.39. The van der Waals surface area contributed by atoms with Crippen LogP contribution < -0.4 is 5.32 Å². The number of hydrogen-bond acceptors (Lipinski definition) is 7.